The first-order valence-electron chi connectivity index (χ1n) is 8.09. The highest BCUT2D eigenvalue weighted by Gasteiger charge is 2.38. The molecule has 25 heavy (non-hydrogen) atoms. The molecule has 1 aromatic heterocycles. The van der Waals surface area contributed by atoms with Gasteiger partial charge in [-0.3, -0.25) is 9.59 Å². The van der Waals surface area contributed by atoms with E-state index >= 15 is 0 Å². The van der Waals surface area contributed by atoms with Crippen LogP contribution in [-0.2, 0) is 15.8 Å². The summed E-state index contributed by atoms with van der Waals surface area (Å²) in [5, 5.41) is 7.83. The zero-order valence-electron chi connectivity index (χ0n) is 13.8. The molecule has 0 aromatic carbocycles. The molecule has 1 heterocycles. The summed E-state index contributed by atoms with van der Waals surface area (Å²) in [4.78, 5) is 26.9. The van der Waals surface area contributed by atoms with Gasteiger partial charge in [-0.25, -0.2) is 4.98 Å². The number of rotatable bonds is 8. The molecule has 2 atom stereocenters. The van der Waals surface area contributed by atoms with E-state index in [4.69, 9.17) is 0 Å². The van der Waals surface area contributed by atoms with E-state index in [1.165, 1.54) is 12.3 Å². The van der Waals surface area contributed by atoms with Crippen LogP contribution < -0.4 is 16.0 Å². The standard InChI is InChI=1S/C16H21F3N4O2/c1-10-9-11(10)15(25)23-6-4-13(24)20-7-8-22-14-12(16(17,18)19)3-2-5-21-14/h2-3,5,10-11H,4,6-9H2,1H3,(H,20,24)(H,21,22)(H,23,25). The molecule has 138 valence electrons. The van der Waals surface area contributed by atoms with Crippen molar-refractivity contribution in [1.82, 2.24) is 15.6 Å². The molecule has 1 fully saturated rings. The van der Waals surface area contributed by atoms with Crippen molar-refractivity contribution in [2.75, 3.05) is 25.0 Å². The molecule has 1 aliphatic carbocycles. The van der Waals surface area contributed by atoms with E-state index in [-0.39, 0.29) is 49.6 Å². The summed E-state index contributed by atoms with van der Waals surface area (Å²) in [5.41, 5.74) is -0.849. The predicted molar refractivity (Wildman–Crippen MR) is 85.6 cm³/mol. The first kappa shape index (κ1) is 19.0. The van der Waals surface area contributed by atoms with Crippen LogP contribution in [-0.4, -0.2) is 36.4 Å². The van der Waals surface area contributed by atoms with Crippen LogP contribution >= 0.6 is 0 Å². The Labute approximate surface area is 143 Å². The van der Waals surface area contributed by atoms with Crippen molar-refractivity contribution in [2.24, 2.45) is 11.8 Å². The Morgan fingerprint density at radius 2 is 1.96 bits per heavy atom. The fourth-order valence-corrected chi connectivity index (χ4v) is 2.36. The maximum absolute atomic E-state index is 12.8. The number of nitrogens with one attached hydrogen (secondary N) is 3. The summed E-state index contributed by atoms with van der Waals surface area (Å²) in [6.45, 7) is 2.51. The molecule has 6 nitrogen and oxygen atoms in total. The Balaban J connectivity index is 1.63. The van der Waals surface area contributed by atoms with Crippen LogP contribution in [0.2, 0.25) is 0 Å². The number of aromatic nitrogens is 1. The van der Waals surface area contributed by atoms with Crippen LogP contribution in [0.25, 0.3) is 0 Å². The maximum Gasteiger partial charge on any atom is 0.419 e. The molecule has 1 aliphatic rings. The summed E-state index contributed by atoms with van der Waals surface area (Å²) in [6.07, 6.45) is -2.21. The molecule has 0 bridgehead atoms. The topological polar surface area (TPSA) is 83.1 Å². The van der Waals surface area contributed by atoms with Crippen LogP contribution in [0.3, 0.4) is 0 Å². The molecule has 2 rings (SSSR count). The van der Waals surface area contributed by atoms with E-state index in [1.54, 1.807) is 0 Å². The molecule has 3 N–H and O–H groups in total. The Morgan fingerprint density at radius 3 is 2.60 bits per heavy atom. The fraction of sp³-hybridized carbons (Fsp3) is 0.562. The van der Waals surface area contributed by atoms with Crippen LogP contribution in [0.5, 0.6) is 0 Å². The fourth-order valence-electron chi connectivity index (χ4n) is 2.36. The zero-order chi connectivity index (χ0) is 18.4. The third kappa shape index (κ3) is 5.91. The van der Waals surface area contributed by atoms with Crippen molar-refractivity contribution in [3.63, 3.8) is 0 Å². The number of amides is 2. The van der Waals surface area contributed by atoms with Gasteiger partial charge in [-0.15, -0.1) is 0 Å². The monoisotopic (exact) mass is 358 g/mol. The molecule has 0 spiro atoms. The maximum atomic E-state index is 12.8. The van der Waals surface area contributed by atoms with Crippen LogP contribution in [0, 0.1) is 11.8 Å². The molecule has 1 aromatic rings. The lowest BCUT2D eigenvalue weighted by molar-refractivity contribution is -0.137. The van der Waals surface area contributed by atoms with Crippen molar-refractivity contribution in [3.8, 4) is 0 Å². The molecule has 0 saturated heterocycles. The first-order chi connectivity index (χ1) is 11.8. The highest BCUT2D eigenvalue weighted by Crippen LogP contribution is 2.37. The van der Waals surface area contributed by atoms with Crippen molar-refractivity contribution in [2.45, 2.75) is 25.9 Å². The average Bonchev–Trinajstić information content (AvgIpc) is 3.28. The Bertz CT molecular complexity index is 622. The largest absolute Gasteiger partial charge is 0.419 e. The number of hydrogen-bond acceptors (Lipinski definition) is 4. The third-order valence-electron chi connectivity index (χ3n) is 3.95. The normalized spacial score (nSPS) is 19.2. The molecule has 2 amide bonds. The number of nitrogens with zero attached hydrogens (tertiary/aromatic N) is 1. The second-order valence-electron chi connectivity index (χ2n) is 6.03. The van der Waals surface area contributed by atoms with Gasteiger partial charge < -0.3 is 16.0 Å². The lowest BCUT2D eigenvalue weighted by Crippen LogP contribution is -2.33. The van der Waals surface area contributed by atoms with Crippen molar-refractivity contribution in [1.29, 1.82) is 0 Å². The minimum absolute atomic E-state index is 0.0307. The number of pyridine rings is 1. The molecule has 0 aliphatic heterocycles. The van der Waals surface area contributed by atoms with Gasteiger partial charge in [-0.2, -0.15) is 13.2 Å². The van der Waals surface area contributed by atoms with E-state index in [0.29, 0.717) is 5.92 Å². The van der Waals surface area contributed by atoms with Crippen LogP contribution in [0.4, 0.5) is 19.0 Å². The summed E-state index contributed by atoms with van der Waals surface area (Å²) in [5.74, 6) is -0.101. The predicted octanol–water partition coefficient (Wildman–Crippen LogP) is 1.79. The number of anilines is 1. The van der Waals surface area contributed by atoms with E-state index in [1.807, 2.05) is 6.92 Å². The first-order valence-corrected chi connectivity index (χ1v) is 8.09. The molecule has 2 unspecified atom stereocenters. The highest BCUT2D eigenvalue weighted by atomic mass is 19.4. The zero-order valence-corrected chi connectivity index (χ0v) is 13.8. The summed E-state index contributed by atoms with van der Waals surface area (Å²) < 4.78 is 38.4. The summed E-state index contributed by atoms with van der Waals surface area (Å²) in [6, 6.07) is 2.16. The van der Waals surface area contributed by atoms with Gasteiger partial charge in [0.15, 0.2) is 0 Å². The van der Waals surface area contributed by atoms with Gasteiger partial charge in [0.05, 0.1) is 5.56 Å². The van der Waals surface area contributed by atoms with Gasteiger partial charge >= 0.3 is 6.18 Å². The van der Waals surface area contributed by atoms with Gasteiger partial charge in [-0.1, -0.05) is 6.92 Å². The lowest BCUT2D eigenvalue weighted by Gasteiger charge is -2.13. The Morgan fingerprint density at radius 1 is 1.24 bits per heavy atom. The second kappa shape index (κ2) is 8.17. The Hall–Kier alpha value is -2.32. The minimum Gasteiger partial charge on any atom is -0.368 e. The molecular formula is C16H21F3N4O2. The summed E-state index contributed by atoms with van der Waals surface area (Å²) >= 11 is 0. The van der Waals surface area contributed by atoms with Gasteiger partial charge in [-0.05, 0) is 24.5 Å². The Kier molecular flexibility index (Phi) is 6.22. The van der Waals surface area contributed by atoms with Crippen molar-refractivity contribution < 1.29 is 22.8 Å². The average molecular weight is 358 g/mol. The number of hydrogen-bond donors (Lipinski definition) is 3. The number of alkyl halides is 3. The smallest absolute Gasteiger partial charge is 0.368 e. The number of carbonyl (C=O) groups is 2. The van der Waals surface area contributed by atoms with Gasteiger partial charge in [0, 0.05) is 38.2 Å². The molecular weight excluding hydrogens is 337 g/mol. The minimum atomic E-state index is -4.49. The van der Waals surface area contributed by atoms with E-state index in [0.717, 1.165) is 12.5 Å². The third-order valence-corrected chi connectivity index (χ3v) is 3.95. The van der Waals surface area contributed by atoms with Gasteiger partial charge in [0.1, 0.15) is 5.82 Å². The SMILES string of the molecule is CC1CC1C(=O)NCCC(=O)NCCNc1ncccc1C(F)(F)F. The van der Waals surface area contributed by atoms with Crippen LogP contribution in [0.15, 0.2) is 18.3 Å². The number of halogens is 3. The van der Waals surface area contributed by atoms with Crippen LogP contribution in [0.1, 0.15) is 25.3 Å². The highest BCUT2D eigenvalue weighted by molar-refractivity contribution is 5.82. The molecule has 1 saturated carbocycles. The van der Waals surface area contributed by atoms with E-state index < -0.39 is 11.7 Å². The van der Waals surface area contributed by atoms with Gasteiger partial charge in [0.2, 0.25) is 11.8 Å². The number of carbonyl (C=O) groups excluding carboxylic acids is 2. The quantitative estimate of drug-likeness (QED) is 0.619. The molecule has 0 radical (unpaired) electrons. The van der Waals surface area contributed by atoms with Crippen molar-refractivity contribution in [3.05, 3.63) is 23.9 Å². The second-order valence-corrected chi connectivity index (χ2v) is 6.03. The molecule has 9 heteroatoms. The van der Waals surface area contributed by atoms with Gasteiger partial charge in [0.25, 0.3) is 0 Å². The van der Waals surface area contributed by atoms with E-state index in [9.17, 15) is 22.8 Å². The van der Waals surface area contributed by atoms with Crippen molar-refractivity contribution >= 4 is 17.6 Å². The lowest BCUT2D eigenvalue weighted by atomic mass is 10.2. The van der Waals surface area contributed by atoms with E-state index in [2.05, 4.69) is 20.9 Å². The summed E-state index contributed by atoms with van der Waals surface area (Å²) in [7, 11) is 0.